The Kier molecular flexibility index (Phi) is 2.44. The zero-order valence-corrected chi connectivity index (χ0v) is 8.79. The normalized spacial score (nSPS) is 17.2. The molecule has 1 aromatic heterocycles. The molecule has 0 saturated heterocycles. The Labute approximate surface area is 88.9 Å². The molecule has 0 atom stereocenters. The molecule has 4 nitrogen and oxygen atoms in total. The molecule has 0 radical (unpaired) electrons. The molecule has 1 aromatic rings. The number of hydrogen-bond acceptors (Lipinski definition) is 3. The molecule has 1 fully saturated rings. The van der Waals surface area contributed by atoms with E-state index in [1.807, 2.05) is 13.0 Å². The lowest BCUT2D eigenvalue weighted by molar-refractivity contribution is -0.120. The molecule has 3 N–H and O–H groups in total. The number of amides is 1. The third kappa shape index (κ3) is 1.85. The zero-order valence-electron chi connectivity index (χ0n) is 8.79. The summed E-state index contributed by atoms with van der Waals surface area (Å²) in [6.07, 6.45) is 5.17. The van der Waals surface area contributed by atoms with Crippen molar-refractivity contribution < 1.29 is 4.79 Å². The van der Waals surface area contributed by atoms with Gasteiger partial charge in [0.15, 0.2) is 0 Å². The zero-order chi connectivity index (χ0) is 10.9. The first-order valence-corrected chi connectivity index (χ1v) is 5.10. The number of nitrogens with one attached hydrogen (secondary N) is 1. The average Bonchev–Trinajstić information content (AvgIpc) is 3.02. The first-order valence-electron chi connectivity index (χ1n) is 5.10. The van der Waals surface area contributed by atoms with Crippen molar-refractivity contribution in [2.24, 2.45) is 11.1 Å². The number of nitrogens with two attached hydrogens (primary N) is 1. The van der Waals surface area contributed by atoms with Crippen LogP contribution >= 0.6 is 0 Å². The van der Waals surface area contributed by atoms with Gasteiger partial charge in [-0.2, -0.15) is 0 Å². The van der Waals surface area contributed by atoms with E-state index < -0.39 is 0 Å². The van der Waals surface area contributed by atoms with Gasteiger partial charge < -0.3 is 11.1 Å². The predicted molar refractivity (Wildman–Crippen MR) is 58.3 cm³/mol. The summed E-state index contributed by atoms with van der Waals surface area (Å²) in [6, 6.07) is 1.87. The van der Waals surface area contributed by atoms with E-state index in [9.17, 15) is 4.79 Å². The van der Waals surface area contributed by atoms with Gasteiger partial charge in [0.1, 0.15) is 0 Å². The maximum Gasteiger partial charge on any atom is 0.231 e. The van der Waals surface area contributed by atoms with E-state index in [2.05, 4.69) is 10.3 Å². The minimum Gasteiger partial charge on any atom is -0.329 e. The molecule has 0 aliphatic heterocycles. The van der Waals surface area contributed by atoms with Crippen molar-refractivity contribution in [3.63, 3.8) is 0 Å². The number of rotatable bonds is 3. The average molecular weight is 205 g/mol. The summed E-state index contributed by atoms with van der Waals surface area (Å²) in [4.78, 5) is 15.8. The Morgan fingerprint density at radius 3 is 2.93 bits per heavy atom. The summed E-state index contributed by atoms with van der Waals surface area (Å²) >= 11 is 0. The summed E-state index contributed by atoms with van der Waals surface area (Å²) in [5.74, 6) is 0.0288. The van der Waals surface area contributed by atoms with Gasteiger partial charge in [-0.05, 0) is 31.4 Å². The van der Waals surface area contributed by atoms with Crippen LogP contribution in [0.25, 0.3) is 0 Å². The standard InChI is InChI=1S/C11H15N3O/c1-8-2-5-13-6-9(8)14-10(15)11(7-12)3-4-11/h2,5-6H,3-4,7,12H2,1H3,(H,14,15). The molecule has 0 bridgehead atoms. The van der Waals surface area contributed by atoms with Gasteiger partial charge in [0.05, 0.1) is 17.3 Å². The van der Waals surface area contributed by atoms with E-state index in [0.29, 0.717) is 6.54 Å². The minimum absolute atomic E-state index is 0.0288. The molecule has 2 rings (SSSR count). The summed E-state index contributed by atoms with van der Waals surface area (Å²) in [5, 5.41) is 2.88. The number of pyridine rings is 1. The van der Waals surface area contributed by atoms with Crippen LogP contribution < -0.4 is 11.1 Å². The molecule has 80 valence electrons. The summed E-state index contributed by atoms with van der Waals surface area (Å²) < 4.78 is 0. The molecule has 1 aliphatic carbocycles. The lowest BCUT2D eigenvalue weighted by atomic mass is 10.1. The van der Waals surface area contributed by atoms with Gasteiger partial charge >= 0.3 is 0 Å². The molecule has 0 spiro atoms. The van der Waals surface area contributed by atoms with Crippen molar-refractivity contribution in [2.75, 3.05) is 11.9 Å². The van der Waals surface area contributed by atoms with E-state index in [1.165, 1.54) is 0 Å². The molecule has 1 amide bonds. The van der Waals surface area contributed by atoms with Gasteiger partial charge in [0.2, 0.25) is 5.91 Å². The molecule has 0 aromatic carbocycles. The number of carbonyl (C=O) groups excluding carboxylic acids is 1. The third-order valence-electron chi connectivity index (χ3n) is 3.01. The molecule has 1 heterocycles. The van der Waals surface area contributed by atoms with Crippen LogP contribution in [0.2, 0.25) is 0 Å². The highest BCUT2D eigenvalue weighted by Crippen LogP contribution is 2.45. The maximum atomic E-state index is 11.9. The van der Waals surface area contributed by atoms with Gasteiger partial charge in [-0.1, -0.05) is 0 Å². The van der Waals surface area contributed by atoms with Gasteiger partial charge in [-0.25, -0.2) is 0 Å². The Hall–Kier alpha value is -1.42. The molecule has 1 saturated carbocycles. The van der Waals surface area contributed by atoms with E-state index in [0.717, 1.165) is 24.1 Å². The van der Waals surface area contributed by atoms with Gasteiger partial charge in [0, 0.05) is 12.7 Å². The lowest BCUT2D eigenvalue weighted by Crippen LogP contribution is -2.31. The van der Waals surface area contributed by atoms with Gasteiger partial charge in [-0.3, -0.25) is 9.78 Å². The highest BCUT2D eigenvalue weighted by Gasteiger charge is 2.48. The number of carbonyl (C=O) groups is 1. The highest BCUT2D eigenvalue weighted by molar-refractivity contribution is 5.97. The van der Waals surface area contributed by atoms with Crippen molar-refractivity contribution >= 4 is 11.6 Å². The smallest absolute Gasteiger partial charge is 0.231 e. The van der Waals surface area contributed by atoms with E-state index in [-0.39, 0.29) is 11.3 Å². The van der Waals surface area contributed by atoms with E-state index in [1.54, 1.807) is 12.4 Å². The number of anilines is 1. The third-order valence-corrected chi connectivity index (χ3v) is 3.01. The Morgan fingerprint density at radius 2 is 2.40 bits per heavy atom. The van der Waals surface area contributed by atoms with Gasteiger partial charge in [0.25, 0.3) is 0 Å². The molecular formula is C11H15N3O. The Balaban J connectivity index is 2.10. The molecule has 1 aliphatic rings. The molecule has 15 heavy (non-hydrogen) atoms. The second-order valence-electron chi connectivity index (χ2n) is 4.13. The lowest BCUT2D eigenvalue weighted by Gasteiger charge is -2.13. The Morgan fingerprint density at radius 1 is 1.67 bits per heavy atom. The second kappa shape index (κ2) is 3.62. The van der Waals surface area contributed by atoms with Crippen LogP contribution in [0.3, 0.4) is 0 Å². The number of aromatic nitrogens is 1. The molecular weight excluding hydrogens is 190 g/mol. The number of aryl methyl sites for hydroxylation is 1. The Bertz CT molecular complexity index is 385. The SMILES string of the molecule is Cc1ccncc1NC(=O)C1(CN)CC1. The van der Waals surface area contributed by atoms with Crippen LogP contribution in [0.4, 0.5) is 5.69 Å². The molecule has 0 unspecified atom stereocenters. The van der Waals surface area contributed by atoms with Crippen LogP contribution in [-0.4, -0.2) is 17.4 Å². The largest absolute Gasteiger partial charge is 0.329 e. The summed E-state index contributed by atoms with van der Waals surface area (Å²) in [7, 11) is 0. The van der Waals surface area contributed by atoms with Crippen LogP contribution in [0.1, 0.15) is 18.4 Å². The fourth-order valence-corrected chi connectivity index (χ4v) is 1.52. The number of nitrogens with zero attached hydrogens (tertiary/aromatic N) is 1. The molecule has 4 heteroatoms. The van der Waals surface area contributed by atoms with Crippen molar-refractivity contribution in [3.05, 3.63) is 24.0 Å². The number of hydrogen-bond donors (Lipinski definition) is 2. The first-order chi connectivity index (χ1) is 7.18. The van der Waals surface area contributed by atoms with Crippen molar-refractivity contribution in [2.45, 2.75) is 19.8 Å². The first kappa shape index (κ1) is 10.1. The highest BCUT2D eigenvalue weighted by atomic mass is 16.2. The van der Waals surface area contributed by atoms with E-state index >= 15 is 0 Å². The maximum absolute atomic E-state index is 11.9. The van der Waals surface area contributed by atoms with Crippen molar-refractivity contribution in [1.82, 2.24) is 4.98 Å². The van der Waals surface area contributed by atoms with Crippen molar-refractivity contribution in [3.8, 4) is 0 Å². The second-order valence-corrected chi connectivity index (χ2v) is 4.13. The van der Waals surface area contributed by atoms with Crippen LogP contribution in [0, 0.1) is 12.3 Å². The van der Waals surface area contributed by atoms with Crippen LogP contribution in [0.5, 0.6) is 0 Å². The van der Waals surface area contributed by atoms with Gasteiger partial charge in [-0.15, -0.1) is 0 Å². The fourth-order valence-electron chi connectivity index (χ4n) is 1.52. The predicted octanol–water partition coefficient (Wildman–Crippen LogP) is 1.07. The van der Waals surface area contributed by atoms with Crippen LogP contribution in [-0.2, 0) is 4.79 Å². The minimum atomic E-state index is -0.303. The monoisotopic (exact) mass is 205 g/mol. The summed E-state index contributed by atoms with van der Waals surface area (Å²) in [6.45, 7) is 2.37. The fraction of sp³-hybridized carbons (Fsp3) is 0.455. The van der Waals surface area contributed by atoms with Crippen LogP contribution in [0.15, 0.2) is 18.5 Å². The van der Waals surface area contributed by atoms with E-state index in [4.69, 9.17) is 5.73 Å². The van der Waals surface area contributed by atoms with Crippen molar-refractivity contribution in [1.29, 1.82) is 0 Å². The quantitative estimate of drug-likeness (QED) is 0.775. The topological polar surface area (TPSA) is 68.0 Å². The summed E-state index contributed by atoms with van der Waals surface area (Å²) in [5.41, 5.74) is 7.08.